The molecule has 134 valence electrons. The van der Waals surface area contributed by atoms with E-state index in [1.54, 1.807) is 0 Å². The normalized spacial score (nSPS) is 13.4. The van der Waals surface area contributed by atoms with Gasteiger partial charge in [0.1, 0.15) is 5.76 Å². The van der Waals surface area contributed by atoms with Crippen molar-refractivity contribution in [2.75, 3.05) is 19.7 Å². The van der Waals surface area contributed by atoms with E-state index in [0.29, 0.717) is 17.9 Å². The summed E-state index contributed by atoms with van der Waals surface area (Å²) in [4.78, 5) is 46.2. The predicted molar refractivity (Wildman–Crippen MR) is 86.2 cm³/mol. The SMILES string of the molecule is O=C(OCC(=O)N1CCNC1=O)c1ccc(-c2ccc([N+](=O)[O-])cc2)o1. The molecule has 0 unspecified atom stereocenters. The number of hydrogen-bond donors (Lipinski definition) is 1. The van der Waals surface area contributed by atoms with Crippen molar-refractivity contribution in [3.63, 3.8) is 0 Å². The lowest BCUT2D eigenvalue weighted by Crippen LogP contribution is -2.37. The zero-order chi connectivity index (χ0) is 18.7. The number of carbonyl (C=O) groups excluding carboxylic acids is 3. The highest BCUT2D eigenvalue weighted by Gasteiger charge is 2.27. The molecule has 10 nitrogen and oxygen atoms in total. The summed E-state index contributed by atoms with van der Waals surface area (Å²) in [5.74, 6) is -1.30. The van der Waals surface area contributed by atoms with Crippen molar-refractivity contribution in [1.29, 1.82) is 0 Å². The summed E-state index contributed by atoms with van der Waals surface area (Å²) >= 11 is 0. The first-order valence-corrected chi connectivity index (χ1v) is 7.55. The second-order valence-electron chi connectivity index (χ2n) is 5.32. The Balaban J connectivity index is 1.61. The van der Waals surface area contributed by atoms with Gasteiger partial charge in [-0.3, -0.25) is 19.8 Å². The van der Waals surface area contributed by atoms with Crippen molar-refractivity contribution in [1.82, 2.24) is 10.2 Å². The van der Waals surface area contributed by atoms with Crippen LogP contribution in [-0.4, -0.2) is 47.4 Å². The number of imide groups is 1. The number of non-ortho nitro benzene ring substituents is 1. The van der Waals surface area contributed by atoms with Gasteiger partial charge in [0.25, 0.3) is 11.6 Å². The fourth-order valence-corrected chi connectivity index (χ4v) is 2.34. The largest absolute Gasteiger partial charge is 0.450 e. The van der Waals surface area contributed by atoms with E-state index in [4.69, 9.17) is 9.15 Å². The molecule has 26 heavy (non-hydrogen) atoms. The Kier molecular flexibility index (Phi) is 4.65. The first-order valence-electron chi connectivity index (χ1n) is 7.55. The molecule has 1 aromatic heterocycles. The van der Waals surface area contributed by atoms with Gasteiger partial charge >= 0.3 is 12.0 Å². The Morgan fingerprint density at radius 3 is 2.58 bits per heavy atom. The van der Waals surface area contributed by atoms with E-state index in [9.17, 15) is 24.5 Å². The van der Waals surface area contributed by atoms with Gasteiger partial charge in [-0.05, 0) is 24.3 Å². The van der Waals surface area contributed by atoms with Gasteiger partial charge in [0, 0.05) is 30.8 Å². The monoisotopic (exact) mass is 359 g/mol. The zero-order valence-electron chi connectivity index (χ0n) is 13.3. The van der Waals surface area contributed by atoms with E-state index >= 15 is 0 Å². The fraction of sp³-hybridized carbons (Fsp3) is 0.188. The van der Waals surface area contributed by atoms with Crippen LogP contribution in [-0.2, 0) is 9.53 Å². The highest BCUT2D eigenvalue weighted by molar-refractivity contribution is 5.97. The number of carbonyl (C=O) groups is 3. The molecule has 0 radical (unpaired) electrons. The molecule has 0 atom stereocenters. The van der Waals surface area contributed by atoms with Gasteiger partial charge in [-0.15, -0.1) is 0 Å². The third kappa shape index (κ3) is 3.53. The van der Waals surface area contributed by atoms with Crippen molar-refractivity contribution in [2.45, 2.75) is 0 Å². The Hall–Kier alpha value is -3.69. The summed E-state index contributed by atoms with van der Waals surface area (Å²) in [6.07, 6.45) is 0. The number of rotatable bonds is 5. The molecule has 0 aliphatic carbocycles. The predicted octanol–water partition coefficient (Wildman–Crippen LogP) is 1.56. The molecule has 10 heteroatoms. The van der Waals surface area contributed by atoms with Crippen LogP contribution in [0.2, 0.25) is 0 Å². The number of esters is 1. The molecule has 0 bridgehead atoms. The van der Waals surface area contributed by atoms with Crippen LogP contribution in [0.5, 0.6) is 0 Å². The van der Waals surface area contributed by atoms with Crippen molar-refractivity contribution in [2.24, 2.45) is 0 Å². The highest BCUT2D eigenvalue weighted by Crippen LogP contribution is 2.24. The van der Waals surface area contributed by atoms with Crippen LogP contribution in [0.3, 0.4) is 0 Å². The smallest absolute Gasteiger partial charge is 0.374 e. The average molecular weight is 359 g/mol. The van der Waals surface area contributed by atoms with Gasteiger partial charge in [0.2, 0.25) is 5.76 Å². The van der Waals surface area contributed by atoms with Gasteiger partial charge in [-0.2, -0.15) is 0 Å². The van der Waals surface area contributed by atoms with Crippen molar-refractivity contribution < 1.29 is 28.5 Å². The fourth-order valence-electron chi connectivity index (χ4n) is 2.34. The van der Waals surface area contributed by atoms with Gasteiger partial charge in [0.05, 0.1) is 4.92 Å². The van der Waals surface area contributed by atoms with Crippen LogP contribution in [0.15, 0.2) is 40.8 Å². The van der Waals surface area contributed by atoms with Gasteiger partial charge in [0.15, 0.2) is 6.61 Å². The number of furan rings is 1. The van der Waals surface area contributed by atoms with E-state index in [2.05, 4.69) is 5.32 Å². The van der Waals surface area contributed by atoms with Crippen molar-refractivity contribution in [3.05, 3.63) is 52.3 Å². The van der Waals surface area contributed by atoms with Gasteiger partial charge in [-0.1, -0.05) is 0 Å². The summed E-state index contributed by atoms with van der Waals surface area (Å²) in [6, 6.07) is 7.96. The second kappa shape index (κ2) is 7.05. The number of nitro groups is 1. The lowest BCUT2D eigenvalue weighted by atomic mass is 10.1. The van der Waals surface area contributed by atoms with Crippen LogP contribution >= 0.6 is 0 Å². The standard InChI is InChI=1S/C16H13N3O7/c20-14(18-8-7-17-16(18)22)9-25-15(21)13-6-5-12(26-13)10-1-3-11(4-2-10)19(23)24/h1-6H,7-9H2,(H,17,22). The number of ether oxygens (including phenoxy) is 1. The zero-order valence-corrected chi connectivity index (χ0v) is 13.3. The molecule has 1 aliphatic heterocycles. The number of nitro benzene ring substituents is 1. The molecule has 1 N–H and O–H groups in total. The topological polar surface area (TPSA) is 132 Å². The van der Waals surface area contributed by atoms with E-state index in [-0.39, 0.29) is 18.0 Å². The van der Waals surface area contributed by atoms with E-state index in [1.165, 1.54) is 36.4 Å². The molecule has 1 saturated heterocycles. The number of nitrogens with one attached hydrogen (secondary N) is 1. The Labute approximate surface area is 146 Å². The van der Waals surface area contributed by atoms with Gasteiger partial charge in [-0.25, -0.2) is 9.59 Å². The quantitative estimate of drug-likeness (QED) is 0.487. The molecule has 1 aromatic carbocycles. The lowest BCUT2D eigenvalue weighted by Gasteiger charge is -2.11. The van der Waals surface area contributed by atoms with Crippen LogP contribution in [0.1, 0.15) is 10.6 Å². The minimum absolute atomic E-state index is 0.0654. The minimum Gasteiger partial charge on any atom is -0.450 e. The molecular formula is C16H13N3O7. The first kappa shape index (κ1) is 17.1. The Morgan fingerprint density at radius 1 is 1.23 bits per heavy atom. The number of urea groups is 1. The van der Waals surface area contributed by atoms with Crippen molar-refractivity contribution >= 4 is 23.6 Å². The van der Waals surface area contributed by atoms with E-state index in [0.717, 1.165) is 4.90 Å². The Morgan fingerprint density at radius 2 is 1.96 bits per heavy atom. The number of nitrogens with zero attached hydrogens (tertiary/aromatic N) is 2. The number of benzene rings is 1. The first-order chi connectivity index (χ1) is 12.5. The minimum atomic E-state index is -0.855. The van der Waals surface area contributed by atoms with Crippen molar-refractivity contribution in [3.8, 4) is 11.3 Å². The molecule has 3 rings (SSSR count). The summed E-state index contributed by atoms with van der Waals surface area (Å²) in [7, 11) is 0. The van der Waals surface area contributed by atoms with Gasteiger partial charge < -0.3 is 14.5 Å². The average Bonchev–Trinajstić information content (AvgIpc) is 3.28. The number of amides is 3. The molecule has 1 aliphatic rings. The molecule has 1 fully saturated rings. The maximum Gasteiger partial charge on any atom is 0.374 e. The molecule has 3 amide bonds. The molecule has 2 heterocycles. The van der Waals surface area contributed by atoms with Crippen LogP contribution in [0.4, 0.5) is 10.5 Å². The van der Waals surface area contributed by atoms with Crippen LogP contribution in [0.25, 0.3) is 11.3 Å². The molecule has 0 saturated carbocycles. The van der Waals surface area contributed by atoms with E-state index in [1.807, 2.05) is 0 Å². The number of hydrogen-bond acceptors (Lipinski definition) is 7. The molecule has 2 aromatic rings. The maximum absolute atomic E-state index is 12.0. The highest BCUT2D eigenvalue weighted by atomic mass is 16.6. The van der Waals surface area contributed by atoms with E-state index < -0.39 is 29.4 Å². The lowest BCUT2D eigenvalue weighted by molar-refractivity contribution is -0.384. The van der Waals surface area contributed by atoms with Crippen LogP contribution < -0.4 is 5.32 Å². The summed E-state index contributed by atoms with van der Waals surface area (Å²) < 4.78 is 10.2. The summed E-state index contributed by atoms with van der Waals surface area (Å²) in [5, 5.41) is 13.1. The summed E-state index contributed by atoms with van der Waals surface area (Å²) in [5.41, 5.74) is 0.476. The third-order valence-corrected chi connectivity index (χ3v) is 3.65. The third-order valence-electron chi connectivity index (χ3n) is 3.65. The maximum atomic E-state index is 12.0. The summed E-state index contributed by atoms with van der Waals surface area (Å²) in [6.45, 7) is -0.00458. The molecular weight excluding hydrogens is 346 g/mol. The van der Waals surface area contributed by atoms with Crippen LogP contribution in [0, 0.1) is 10.1 Å². The Bertz CT molecular complexity index is 872. The second-order valence-corrected chi connectivity index (χ2v) is 5.32. The molecule has 0 spiro atoms.